The zero-order valence-electron chi connectivity index (χ0n) is 10.4. The van der Waals surface area contributed by atoms with Gasteiger partial charge in [0.25, 0.3) is 5.91 Å². The van der Waals surface area contributed by atoms with E-state index in [4.69, 9.17) is 0 Å². The molecule has 1 heterocycles. The third kappa shape index (κ3) is 3.46. The van der Waals surface area contributed by atoms with Crippen molar-refractivity contribution in [1.82, 2.24) is 9.78 Å². The van der Waals surface area contributed by atoms with Crippen molar-refractivity contribution in [1.29, 1.82) is 0 Å². The highest BCUT2D eigenvalue weighted by atomic mass is 19.4. The number of ether oxygens (including phenoxy) is 1. The van der Waals surface area contributed by atoms with Gasteiger partial charge in [-0.15, -0.1) is 0 Å². The first kappa shape index (κ1) is 13.9. The number of hydrogen-bond acceptors (Lipinski definition) is 3. The van der Waals surface area contributed by atoms with Gasteiger partial charge in [0.05, 0.1) is 5.69 Å². The molecule has 1 amide bonds. The minimum atomic E-state index is -4.42. The lowest BCUT2D eigenvalue weighted by molar-refractivity contribution is -0.174. The number of carbonyl (C=O) groups excluding carboxylic acids is 1. The molecule has 0 spiro atoms. The van der Waals surface area contributed by atoms with Crippen molar-refractivity contribution in [3.63, 3.8) is 0 Å². The molecule has 0 atom stereocenters. The summed E-state index contributed by atoms with van der Waals surface area (Å²) in [5, 5.41) is 6.79. The van der Waals surface area contributed by atoms with Crippen LogP contribution < -0.4 is 5.32 Å². The quantitative estimate of drug-likeness (QED) is 0.905. The van der Waals surface area contributed by atoms with Crippen LogP contribution in [0.4, 0.5) is 19.0 Å². The number of anilines is 1. The second kappa shape index (κ2) is 5.20. The van der Waals surface area contributed by atoms with Crippen LogP contribution in [0.2, 0.25) is 0 Å². The van der Waals surface area contributed by atoms with Gasteiger partial charge < -0.3 is 10.1 Å². The molecule has 2 rings (SSSR count). The lowest BCUT2D eigenvalue weighted by atomic mass is 10.2. The average Bonchev–Trinajstić information content (AvgIpc) is 2.81. The molecule has 106 valence electrons. The van der Waals surface area contributed by atoms with E-state index in [-0.39, 0.29) is 0 Å². The van der Waals surface area contributed by atoms with Crippen LogP contribution in [0.5, 0.6) is 0 Å². The van der Waals surface area contributed by atoms with Gasteiger partial charge in [0.2, 0.25) is 0 Å². The number of fused-ring (bicyclic) bond motifs is 1. The van der Waals surface area contributed by atoms with E-state index < -0.39 is 25.3 Å². The van der Waals surface area contributed by atoms with E-state index in [1.54, 1.807) is 7.05 Å². The predicted octanol–water partition coefficient (Wildman–Crippen LogP) is 1.43. The van der Waals surface area contributed by atoms with E-state index in [1.807, 2.05) is 0 Å². The van der Waals surface area contributed by atoms with Crippen LogP contribution in [0.15, 0.2) is 0 Å². The van der Waals surface area contributed by atoms with Gasteiger partial charge in [0.1, 0.15) is 19.0 Å². The van der Waals surface area contributed by atoms with Crippen LogP contribution in [-0.4, -0.2) is 35.1 Å². The Balaban J connectivity index is 1.89. The Hall–Kier alpha value is -1.57. The number of carbonyl (C=O) groups is 1. The third-order valence-corrected chi connectivity index (χ3v) is 2.83. The Bertz CT molecular complexity index is 482. The van der Waals surface area contributed by atoms with Gasteiger partial charge in [0, 0.05) is 12.6 Å². The Morgan fingerprint density at radius 2 is 2.21 bits per heavy atom. The maximum absolute atomic E-state index is 11.9. The summed E-state index contributed by atoms with van der Waals surface area (Å²) in [6, 6.07) is 0. The topological polar surface area (TPSA) is 56.2 Å². The van der Waals surface area contributed by atoms with Crippen LogP contribution in [0.1, 0.15) is 17.7 Å². The molecule has 1 aliphatic carbocycles. The summed E-state index contributed by atoms with van der Waals surface area (Å²) in [5.41, 5.74) is 1.90. The lowest BCUT2D eigenvalue weighted by Gasteiger charge is -2.09. The van der Waals surface area contributed by atoms with Crippen LogP contribution in [0, 0.1) is 0 Å². The molecule has 0 aliphatic heterocycles. The molecule has 1 aromatic rings. The monoisotopic (exact) mass is 277 g/mol. The number of aromatic nitrogens is 2. The molecule has 0 fully saturated rings. The van der Waals surface area contributed by atoms with Gasteiger partial charge in [-0.1, -0.05) is 0 Å². The van der Waals surface area contributed by atoms with Crippen molar-refractivity contribution in [2.24, 2.45) is 7.05 Å². The molecule has 8 heteroatoms. The van der Waals surface area contributed by atoms with Crippen LogP contribution in [-0.2, 0) is 29.4 Å². The minimum Gasteiger partial charge on any atom is -0.362 e. The maximum Gasteiger partial charge on any atom is 0.411 e. The maximum atomic E-state index is 11.9. The summed E-state index contributed by atoms with van der Waals surface area (Å²) >= 11 is 0. The number of hydrogen-bond donors (Lipinski definition) is 1. The molecule has 0 aromatic carbocycles. The largest absolute Gasteiger partial charge is 0.411 e. The molecular formula is C11H14F3N3O2. The van der Waals surface area contributed by atoms with Gasteiger partial charge >= 0.3 is 6.18 Å². The lowest BCUT2D eigenvalue weighted by Crippen LogP contribution is -2.25. The van der Waals surface area contributed by atoms with Crippen molar-refractivity contribution in [3.8, 4) is 0 Å². The standard InChI is InChI=1S/C11H14F3N3O2/c1-17-10(7-3-2-4-8(7)16-17)15-9(18)5-19-6-11(12,13)14/h2-6H2,1H3,(H,15,18). The summed E-state index contributed by atoms with van der Waals surface area (Å²) < 4.78 is 41.4. The first-order chi connectivity index (χ1) is 8.87. The van der Waals surface area contributed by atoms with E-state index in [2.05, 4.69) is 15.2 Å². The van der Waals surface area contributed by atoms with Gasteiger partial charge in [-0.05, 0) is 19.3 Å². The van der Waals surface area contributed by atoms with E-state index in [0.717, 1.165) is 30.5 Å². The highest BCUT2D eigenvalue weighted by Crippen LogP contribution is 2.27. The number of nitrogens with zero attached hydrogens (tertiary/aromatic N) is 2. The van der Waals surface area contributed by atoms with E-state index >= 15 is 0 Å². The van der Waals surface area contributed by atoms with Crippen LogP contribution in [0.3, 0.4) is 0 Å². The Morgan fingerprint density at radius 1 is 1.47 bits per heavy atom. The van der Waals surface area contributed by atoms with E-state index in [9.17, 15) is 18.0 Å². The fourth-order valence-corrected chi connectivity index (χ4v) is 2.10. The second-order valence-electron chi connectivity index (χ2n) is 4.41. The molecular weight excluding hydrogens is 263 g/mol. The smallest absolute Gasteiger partial charge is 0.362 e. The van der Waals surface area contributed by atoms with Crippen LogP contribution >= 0.6 is 0 Å². The van der Waals surface area contributed by atoms with Crippen molar-refractivity contribution in [2.75, 3.05) is 18.5 Å². The molecule has 5 nitrogen and oxygen atoms in total. The van der Waals surface area contributed by atoms with Gasteiger partial charge in [-0.3, -0.25) is 9.48 Å². The molecule has 19 heavy (non-hydrogen) atoms. The second-order valence-corrected chi connectivity index (χ2v) is 4.41. The van der Waals surface area contributed by atoms with Crippen molar-refractivity contribution in [2.45, 2.75) is 25.4 Å². The Morgan fingerprint density at radius 3 is 2.89 bits per heavy atom. The zero-order valence-corrected chi connectivity index (χ0v) is 10.4. The SMILES string of the molecule is Cn1nc2c(c1NC(=O)COCC(F)(F)F)CCC2. The summed E-state index contributed by atoms with van der Waals surface area (Å²) in [4.78, 5) is 11.5. The first-order valence-electron chi connectivity index (χ1n) is 5.86. The van der Waals surface area contributed by atoms with Crippen molar-refractivity contribution in [3.05, 3.63) is 11.3 Å². The zero-order chi connectivity index (χ0) is 14.0. The third-order valence-electron chi connectivity index (χ3n) is 2.83. The molecule has 0 radical (unpaired) electrons. The number of nitrogens with one attached hydrogen (secondary N) is 1. The summed E-state index contributed by atoms with van der Waals surface area (Å²) in [5.74, 6) is -0.0601. The van der Waals surface area contributed by atoms with E-state index in [0.29, 0.717) is 5.82 Å². The number of amides is 1. The minimum absolute atomic E-state index is 0.549. The fourth-order valence-electron chi connectivity index (χ4n) is 2.10. The predicted molar refractivity (Wildman–Crippen MR) is 60.7 cm³/mol. The molecule has 0 unspecified atom stereocenters. The van der Waals surface area contributed by atoms with Crippen molar-refractivity contribution >= 4 is 11.7 Å². The van der Waals surface area contributed by atoms with Gasteiger partial charge in [-0.25, -0.2) is 0 Å². The molecule has 1 aliphatic rings. The molecule has 0 saturated heterocycles. The van der Waals surface area contributed by atoms with Gasteiger partial charge in [-0.2, -0.15) is 18.3 Å². The summed E-state index contributed by atoms with van der Waals surface area (Å²) in [6.45, 7) is -2.05. The molecule has 1 N–H and O–H groups in total. The Labute approximate surface area is 107 Å². The molecule has 0 saturated carbocycles. The molecule has 0 bridgehead atoms. The highest BCUT2D eigenvalue weighted by molar-refractivity contribution is 5.91. The summed E-state index contributed by atoms with van der Waals surface area (Å²) in [6.07, 6.45) is -1.76. The Kier molecular flexibility index (Phi) is 3.79. The number of halogens is 3. The van der Waals surface area contributed by atoms with Crippen LogP contribution in [0.25, 0.3) is 0 Å². The van der Waals surface area contributed by atoms with E-state index in [1.165, 1.54) is 4.68 Å². The molecule has 1 aromatic heterocycles. The number of aryl methyl sites for hydroxylation is 2. The fraction of sp³-hybridized carbons (Fsp3) is 0.636. The first-order valence-corrected chi connectivity index (χ1v) is 5.86. The number of rotatable bonds is 4. The van der Waals surface area contributed by atoms with Gasteiger partial charge in [0.15, 0.2) is 0 Å². The highest BCUT2D eigenvalue weighted by Gasteiger charge is 2.28. The summed E-state index contributed by atoms with van der Waals surface area (Å²) in [7, 11) is 1.69. The normalized spacial score (nSPS) is 14.5. The average molecular weight is 277 g/mol. The van der Waals surface area contributed by atoms with Crippen molar-refractivity contribution < 1.29 is 22.7 Å². The number of alkyl halides is 3.